The first kappa shape index (κ1) is 16.6. The van der Waals surface area contributed by atoms with E-state index in [0.717, 1.165) is 5.75 Å². The van der Waals surface area contributed by atoms with E-state index in [1.165, 1.54) is 46.8 Å². The summed E-state index contributed by atoms with van der Waals surface area (Å²) >= 11 is 0. The van der Waals surface area contributed by atoms with Crippen LogP contribution in [0, 0.1) is 0 Å². The van der Waals surface area contributed by atoms with Gasteiger partial charge in [0.05, 0.1) is 7.11 Å². The lowest BCUT2D eigenvalue weighted by Crippen LogP contribution is -2.50. The maximum absolute atomic E-state index is 5.59. The van der Waals surface area contributed by atoms with E-state index in [1.54, 1.807) is 17.9 Å². The molecule has 0 radical (unpaired) electrons. The van der Waals surface area contributed by atoms with Gasteiger partial charge < -0.3 is 4.74 Å². The van der Waals surface area contributed by atoms with E-state index in [-0.39, 0.29) is 0 Å². The van der Waals surface area contributed by atoms with E-state index in [0.29, 0.717) is 0 Å². The van der Waals surface area contributed by atoms with Gasteiger partial charge in [-0.1, -0.05) is 78.3 Å². The van der Waals surface area contributed by atoms with Crippen molar-refractivity contribution in [1.82, 2.24) is 0 Å². The molecule has 134 valence electrons. The largest absolute Gasteiger partial charge is 0.497 e. The molecule has 3 aromatic rings. The van der Waals surface area contributed by atoms with Crippen LogP contribution in [-0.2, 0) is 6.04 Å². The number of benzene rings is 3. The lowest BCUT2D eigenvalue weighted by Gasteiger charge is -2.36. The molecular weight excluding hydrogens is 344 g/mol. The van der Waals surface area contributed by atoms with Gasteiger partial charge in [0.25, 0.3) is 0 Å². The van der Waals surface area contributed by atoms with Gasteiger partial charge in [-0.15, -0.1) is 0 Å². The highest BCUT2D eigenvalue weighted by atomic mass is 28.3. The van der Waals surface area contributed by atoms with Gasteiger partial charge in [0.1, 0.15) is 13.8 Å². The maximum Gasteiger partial charge on any atom is 0.123 e. The molecule has 2 aliphatic heterocycles. The fourth-order valence-corrected chi connectivity index (χ4v) is 10.8. The Morgan fingerprint density at radius 1 is 0.852 bits per heavy atom. The van der Waals surface area contributed by atoms with Crippen LogP contribution in [0.5, 0.6) is 5.75 Å². The lowest BCUT2D eigenvalue weighted by atomic mass is 9.97. The van der Waals surface area contributed by atoms with Gasteiger partial charge in [-0.2, -0.15) is 0 Å². The van der Waals surface area contributed by atoms with Crippen LogP contribution in [-0.4, -0.2) is 15.2 Å². The smallest absolute Gasteiger partial charge is 0.123 e. The molecular formula is C25H24OSi. The molecule has 1 atom stereocenters. The van der Waals surface area contributed by atoms with Crippen LogP contribution in [0.3, 0.4) is 0 Å². The Bertz CT molecular complexity index is 1020. The zero-order chi connectivity index (χ0) is 18.3. The highest BCUT2D eigenvalue weighted by Gasteiger charge is 2.48. The monoisotopic (exact) mass is 368 g/mol. The van der Waals surface area contributed by atoms with E-state index in [1.807, 2.05) is 0 Å². The molecule has 0 spiro atoms. The van der Waals surface area contributed by atoms with E-state index in [4.69, 9.17) is 4.74 Å². The highest BCUT2D eigenvalue weighted by Crippen LogP contribution is 2.50. The molecule has 0 N–H and O–H groups in total. The van der Waals surface area contributed by atoms with Crippen molar-refractivity contribution >= 4 is 24.0 Å². The molecule has 5 rings (SSSR count). The number of allylic oxidation sites excluding steroid dienone is 1. The number of fused-ring (bicyclic) bond motifs is 3. The fraction of sp³-hybridized carbons (Fsp3) is 0.200. The van der Waals surface area contributed by atoms with Crippen LogP contribution in [0.25, 0.3) is 10.8 Å². The summed E-state index contributed by atoms with van der Waals surface area (Å²) in [5, 5.41) is 3.21. The molecule has 0 saturated carbocycles. The molecule has 0 unspecified atom stereocenters. The second-order valence-corrected chi connectivity index (χ2v) is 11.8. The molecule has 3 aromatic carbocycles. The van der Waals surface area contributed by atoms with Crippen LogP contribution in [0.15, 0.2) is 78.9 Å². The van der Waals surface area contributed by atoms with Gasteiger partial charge in [0, 0.05) is 0 Å². The van der Waals surface area contributed by atoms with E-state index in [2.05, 4.69) is 78.9 Å². The Hall–Kier alpha value is -2.58. The molecule has 0 bridgehead atoms. The van der Waals surface area contributed by atoms with Crippen molar-refractivity contribution in [3.05, 3.63) is 95.6 Å². The average molecular weight is 369 g/mol. The van der Waals surface area contributed by atoms with Crippen LogP contribution >= 0.6 is 0 Å². The normalized spacial score (nSPS) is 20.9. The number of ether oxygens (including phenoxy) is 1. The molecule has 1 nitrogen and oxygen atoms in total. The van der Waals surface area contributed by atoms with Crippen LogP contribution in [0.1, 0.15) is 29.5 Å². The Kier molecular flexibility index (Phi) is 4.02. The molecule has 2 aliphatic rings. The maximum atomic E-state index is 5.59. The minimum atomic E-state index is -1.82. The molecule has 0 aliphatic carbocycles. The third-order valence-corrected chi connectivity index (χ3v) is 11.5. The third-order valence-electron chi connectivity index (χ3n) is 6.33. The first-order chi connectivity index (χ1) is 13.3. The molecule has 2 heteroatoms. The second-order valence-electron chi connectivity index (χ2n) is 7.72. The summed E-state index contributed by atoms with van der Waals surface area (Å²) in [5.41, 5.74) is 6.04. The minimum absolute atomic E-state index is 0.983. The van der Waals surface area contributed by atoms with Crippen molar-refractivity contribution < 1.29 is 4.74 Å². The van der Waals surface area contributed by atoms with Crippen molar-refractivity contribution in [3.63, 3.8) is 0 Å². The Morgan fingerprint density at radius 3 is 2.52 bits per heavy atom. The van der Waals surface area contributed by atoms with Gasteiger partial charge in [-0.25, -0.2) is 0 Å². The number of hydrogen-bond acceptors (Lipinski definition) is 1. The number of methoxy groups -OCH3 is 1. The fourth-order valence-electron chi connectivity index (χ4n) is 5.19. The zero-order valence-electron chi connectivity index (χ0n) is 15.7. The topological polar surface area (TPSA) is 9.23 Å². The first-order valence-corrected chi connectivity index (χ1v) is 12.3. The molecule has 0 amide bonds. The van der Waals surface area contributed by atoms with E-state index in [9.17, 15) is 0 Å². The van der Waals surface area contributed by atoms with Crippen molar-refractivity contribution in [2.75, 3.05) is 7.11 Å². The summed E-state index contributed by atoms with van der Waals surface area (Å²) in [7, 11) is -0.0510. The van der Waals surface area contributed by atoms with Gasteiger partial charge in [-0.3, -0.25) is 0 Å². The Balaban J connectivity index is 1.80. The van der Waals surface area contributed by atoms with Gasteiger partial charge in [-0.05, 0) is 58.1 Å². The summed E-state index contributed by atoms with van der Waals surface area (Å²) in [6.07, 6.45) is 2.47. The van der Waals surface area contributed by atoms with Crippen LogP contribution in [0.4, 0.5) is 0 Å². The predicted molar refractivity (Wildman–Crippen MR) is 116 cm³/mol. The third kappa shape index (κ3) is 2.59. The second kappa shape index (κ2) is 6.54. The van der Waals surface area contributed by atoms with Crippen molar-refractivity contribution in [3.8, 4) is 5.75 Å². The SMILES string of the molecule is COc1cccc([Si@]23CCCC(c4ccccc4)=C2c2ccccc2C3)c1. The number of hydrogen-bond donors (Lipinski definition) is 0. The first-order valence-electron chi connectivity index (χ1n) is 9.84. The van der Waals surface area contributed by atoms with Crippen molar-refractivity contribution in [2.45, 2.75) is 24.9 Å². The van der Waals surface area contributed by atoms with E-state index >= 15 is 0 Å². The van der Waals surface area contributed by atoms with E-state index < -0.39 is 8.07 Å². The standard InChI is InChI=1S/C25H24OSi/c1-26-21-12-7-13-22(17-21)27-16-8-15-23(19-9-3-2-4-10-19)25(27)24-14-6-5-11-20(24)18-27/h2-7,9-14,17H,8,15-16,18H2,1H3/t27-/m1/s1. The summed E-state index contributed by atoms with van der Waals surface area (Å²) in [6.45, 7) is 0. The average Bonchev–Trinajstić information content (AvgIpc) is 3.10. The Morgan fingerprint density at radius 2 is 1.67 bits per heavy atom. The van der Waals surface area contributed by atoms with Crippen molar-refractivity contribution in [1.29, 1.82) is 0 Å². The predicted octanol–water partition coefficient (Wildman–Crippen LogP) is 5.39. The van der Waals surface area contributed by atoms with Crippen LogP contribution in [0.2, 0.25) is 6.04 Å². The molecule has 0 fully saturated rings. The molecule has 27 heavy (non-hydrogen) atoms. The quantitative estimate of drug-likeness (QED) is 0.563. The van der Waals surface area contributed by atoms with Gasteiger partial charge in [0.15, 0.2) is 0 Å². The van der Waals surface area contributed by atoms with Gasteiger partial charge in [0.2, 0.25) is 0 Å². The number of rotatable bonds is 3. The van der Waals surface area contributed by atoms with Crippen LogP contribution < -0.4 is 9.92 Å². The lowest BCUT2D eigenvalue weighted by molar-refractivity contribution is 0.415. The summed E-state index contributed by atoms with van der Waals surface area (Å²) < 4.78 is 5.59. The summed E-state index contributed by atoms with van der Waals surface area (Å²) in [6, 6.07) is 31.6. The molecule has 2 heterocycles. The summed E-state index contributed by atoms with van der Waals surface area (Å²) in [4.78, 5) is 0. The van der Waals surface area contributed by atoms with Gasteiger partial charge >= 0.3 is 0 Å². The summed E-state index contributed by atoms with van der Waals surface area (Å²) in [5.74, 6) is 0.983. The molecule has 0 saturated heterocycles. The molecule has 0 aromatic heterocycles. The highest BCUT2D eigenvalue weighted by molar-refractivity contribution is 7.08. The Labute approximate surface area is 162 Å². The zero-order valence-corrected chi connectivity index (χ0v) is 16.7. The van der Waals surface area contributed by atoms with Crippen molar-refractivity contribution in [2.24, 2.45) is 0 Å². The minimum Gasteiger partial charge on any atom is -0.497 e.